The van der Waals surface area contributed by atoms with E-state index in [0.717, 1.165) is 12.0 Å². The van der Waals surface area contributed by atoms with E-state index in [9.17, 15) is 4.57 Å². The van der Waals surface area contributed by atoms with Crippen molar-refractivity contribution in [3.05, 3.63) is 59.1 Å². The molecule has 0 saturated heterocycles. The molecule has 0 atom stereocenters. The van der Waals surface area contributed by atoms with Crippen molar-refractivity contribution in [3.8, 4) is 0 Å². The summed E-state index contributed by atoms with van der Waals surface area (Å²) in [6.07, 6.45) is 4.78. The summed E-state index contributed by atoms with van der Waals surface area (Å²) in [7, 11) is -3.37. The molecule has 0 heterocycles. The van der Waals surface area contributed by atoms with Crippen molar-refractivity contribution in [3.63, 3.8) is 0 Å². The highest BCUT2D eigenvalue weighted by atomic mass is 31.2. The van der Waals surface area contributed by atoms with Gasteiger partial charge in [0.2, 0.25) is 5.50 Å². The number of hydrogen-bond acceptors (Lipinski definition) is 4. The van der Waals surface area contributed by atoms with E-state index < -0.39 is 7.60 Å². The van der Waals surface area contributed by atoms with Gasteiger partial charge < -0.3 is 13.8 Å². The average Bonchev–Trinajstić information content (AvgIpc) is 2.51. The summed E-state index contributed by atoms with van der Waals surface area (Å²) in [5.74, 6) is 0. The monoisotopic (exact) mass is 338 g/mol. The zero-order chi connectivity index (χ0) is 17.1. The van der Waals surface area contributed by atoms with E-state index in [4.69, 9.17) is 13.8 Å². The average molecular weight is 338 g/mol. The van der Waals surface area contributed by atoms with Gasteiger partial charge in [0, 0.05) is 0 Å². The Kier molecular flexibility index (Phi) is 8.93. The van der Waals surface area contributed by atoms with Gasteiger partial charge in [-0.05, 0) is 45.3 Å². The lowest BCUT2D eigenvalue weighted by Crippen LogP contribution is -2.04. The summed E-state index contributed by atoms with van der Waals surface area (Å²) in [5, 5.41) is 0. The molecule has 1 aromatic carbocycles. The third kappa shape index (κ3) is 6.74. The Labute approximate surface area is 139 Å². The molecule has 23 heavy (non-hydrogen) atoms. The minimum atomic E-state index is -3.37. The van der Waals surface area contributed by atoms with Crippen molar-refractivity contribution in [2.45, 2.75) is 34.1 Å². The summed E-state index contributed by atoms with van der Waals surface area (Å²) in [5.41, 5.74) is 2.35. The van der Waals surface area contributed by atoms with Gasteiger partial charge in [0.05, 0.1) is 13.2 Å². The highest BCUT2D eigenvalue weighted by Gasteiger charge is 2.32. The molecule has 0 aliphatic rings. The molecule has 0 bridgehead atoms. The van der Waals surface area contributed by atoms with Crippen molar-refractivity contribution < 1.29 is 18.3 Å². The molecule has 5 heteroatoms. The molecule has 1 rings (SSSR count). The molecule has 0 aliphatic heterocycles. The standard InChI is InChI=1S/C18H27O4P/c1-5-21-23(19,22-6-2)18(16(3)4)20-15-11-10-14-17-12-8-7-9-13-17/h7-13H,5-6,14-15H2,1-4H3/b11-10+. The van der Waals surface area contributed by atoms with E-state index in [-0.39, 0.29) is 0 Å². The highest BCUT2D eigenvalue weighted by molar-refractivity contribution is 7.58. The number of benzene rings is 1. The molecule has 0 saturated carbocycles. The van der Waals surface area contributed by atoms with Gasteiger partial charge in [-0.3, -0.25) is 4.57 Å². The van der Waals surface area contributed by atoms with Crippen LogP contribution in [0, 0.1) is 0 Å². The summed E-state index contributed by atoms with van der Waals surface area (Å²) >= 11 is 0. The van der Waals surface area contributed by atoms with Crippen molar-refractivity contribution in [1.29, 1.82) is 0 Å². The fraction of sp³-hybridized carbons (Fsp3) is 0.444. The smallest absolute Gasteiger partial charge is 0.395 e. The number of rotatable bonds is 10. The molecule has 0 unspecified atom stereocenters. The lowest BCUT2D eigenvalue weighted by molar-refractivity contribution is 0.187. The van der Waals surface area contributed by atoms with Gasteiger partial charge in [-0.1, -0.05) is 42.5 Å². The van der Waals surface area contributed by atoms with Crippen LogP contribution in [0.1, 0.15) is 33.3 Å². The second-order valence-electron chi connectivity index (χ2n) is 5.11. The first-order chi connectivity index (χ1) is 11.0. The second-order valence-corrected chi connectivity index (χ2v) is 7.03. The Morgan fingerprint density at radius 1 is 1.04 bits per heavy atom. The Bertz CT molecular complexity index is 550. The molecule has 0 fully saturated rings. The maximum atomic E-state index is 12.8. The minimum absolute atomic E-state index is 0.307. The van der Waals surface area contributed by atoms with Gasteiger partial charge in [0.1, 0.15) is 6.61 Å². The van der Waals surface area contributed by atoms with Crippen LogP contribution < -0.4 is 0 Å². The van der Waals surface area contributed by atoms with Gasteiger partial charge in [-0.25, -0.2) is 0 Å². The zero-order valence-corrected chi connectivity index (χ0v) is 15.3. The van der Waals surface area contributed by atoms with E-state index in [1.54, 1.807) is 13.8 Å². The van der Waals surface area contributed by atoms with Crippen molar-refractivity contribution in [2.75, 3.05) is 19.8 Å². The quantitative estimate of drug-likeness (QED) is 0.329. The summed E-state index contributed by atoms with van der Waals surface area (Å²) in [6, 6.07) is 10.2. The summed E-state index contributed by atoms with van der Waals surface area (Å²) in [4.78, 5) is 0. The summed E-state index contributed by atoms with van der Waals surface area (Å²) in [6.45, 7) is 8.20. The molecule has 128 valence electrons. The van der Waals surface area contributed by atoms with Gasteiger partial charge in [-0.2, -0.15) is 0 Å². The highest BCUT2D eigenvalue weighted by Crippen LogP contribution is 2.57. The SMILES string of the molecule is CCOP(=O)(OCC)C(OC/C=C/Cc1ccccc1)=C(C)C. The van der Waals surface area contributed by atoms with Crippen LogP contribution in [-0.2, 0) is 24.8 Å². The van der Waals surface area contributed by atoms with Gasteiger partial charge in [-0.15, -0.1) is 0 Å². The van der Waals surface area contributed by atoms with Crippen molar-refractivity contribution in [2.24, 2.45) is 0 Å². The van der Waals surface area contributed by atoms with Crippen LogP contribution in [0.5, 0.6) is 0 Å². The predicted octanol–water partition coefficient (Wildman–Crippen LogP) is 5.32. The molecule has 0 aliphatic carbocycles. The molecule has 1 aromatic rings. The maximum Gasteiger partial charge on any atom is 0.395 e. The largest absolute Gasteiger partial charge is 0.482 e. The normalized spacial score (nSPS) is 11.7. The van der Waals surface area contributed by atoms with Crippen LogP contribution in [0.2, 0.25) is 0 Å². The molecular weight excluding hydrogens is 311 g/mol. The Morgan fingerprint density at radius 3 is 2.17 bits per heavy atom. The third-order valence-electron chi connectivity index (χ3n) is 2.95. The lowest BCUT2D eigenvalue weighted by Gasteiger charge is -2.21. The molecule has 0 aromatic heterocycles. The van der Waals surface area contributed by atoms with Crippen LogP contribution in [0.3, 0.4) is 0 Å². The minimum Gasteiger partial charge on any atom is -0.482 e. The topological polar surface area (TPSA) is 44.8 Å². The van der Waals surface area contributed by atoms with E-state index >= 15 is 0 Å². The first-order valence-electron chi connectivity index (χ1n) is 7.92. The van der Waals surface area contributed by atoms with E-state index in [1.165, 1.54) is 5.56 Å². The number of ether oxygens (including phenoxy) is 1. The van der Waals surface area contributed by atoms with Crippen LogP contribution in [0.25, 0.3) is 0 Å². The van der Waals surface area contributed by atoms with Crippen LogP contribution in [0.15, 0.2) is 53.6 Å². The lowest BCUT2D eigenvalue weighted by atomic mass is 10.1. The third-order valence-corrected chi connectivity index (χ3v) is 5.22. The Hall–Kier alpha value is -1.35. The second kappa shape index (κ2) is 10.4. The number of allylic oxidation sites excluding steroid dienone is 2. The van der Waals surface area contributed by atoms with Crippen molar-refractivity contribution >= 4 is 7.60 Å². The fourth-order valence-electron chi connectivity index (χ4n) is 2.02. The molecule has 0 amide bonds. The first kappa shape index (κ1) is 19.7. The Balaban J connectivity index is 2.63. The molecule has 0 N–H and O–H groups in total. The Morgan fingerprint density at radius 2 is 1.65 bits per heavy atom. The first-order valence-corrected chi connectivity index (χ1v) is 9.46. The maximum absolute atomic E-state index is 12.8. The molecule has 0 radical (unpaired) electrons. The predicted molar refractivity (Wildman–Crippen MR) is 94.5 cm³/mol. The number of hydrogen-bond donors (Lipinski definition) is 0. The van der Waals surface area contributed by atoms with Gasteiger partial charge in [0.25, 0.3) is 0 Å². The van der Waals surface area contributed by atoms with E-state index in [2.05, 4.69) is 12.1 Å². The summed E-state index contributed by atoms with van der Waals surface area (Å²) < 4.78 is 29.2. The fourth-order valence-corrected chi connectivity index (χ4v) is 3.79. The van der Waals surface area contributed by atoms with E-state index in [0.29, 0.717) is 25.3 Å². The molecule has 4 nitrogen and oxygen atoms in total. The van der Waals surface area contributed by atoms with Gasteiger partial charge in [0.15, 0.2) is 0 Å². The molecule has 0 spiro atoms. The van der Waals surface area contributed by atoms with Crippen LogP contribution >= 0.6 is 7.60 Å². The van der Waals surface area contributed by atoms with Crippen LogP contribution in [0.4, 0.5) is 0 Å². The van der Waals surface area contributed by atoms with Crippen molar-refractivity contribution in [1.82, 2.24) is 0 Å². The van der Waals surface area contributed by atoms with Gasteiger partial charge >= 0.3 is 7.60 Å². The van der Waals surface area contributed by atoms with Crippen LogP contribution in [-0.4, -0.2) is 19.8 Å². The molecular formula is C18H27O4P. The zero-order valence-electron chi connectivity index (χ0n) is 14.5. The van der Waals surface area contributed by atoms with E-state index in [1.807, 2.05) is 44.2 Å².